The predicted octanol–water partition coefficient (Wildman–Crippen LogP) is 1.08. The van der Waals surface area contributed by atoms with E-state index in [2.05, 4.69) is 27.2 Å². The molecule has 2 N–H and O–H groups in total. The minimum atomic E-state index is 0.769. The second-order valence-corrected chi connectivity index (χ2v) is 4.21. The number of anilines is 1. The largest absolute Gasteiger partial charge is 0.355 e. The zero-order valence-electron chi connectivity index (χ0n) is 8.88. The average molecular weight is 194 g/mol. The van der Waals surface area contributed by atoms with Crippen molar-refractivity contribution in [1.29, 1.82) is 0 Å². The molecule has 1 atom stereocenters. The molecular formula is C10H18N4. The summed E-state index contributed by atoms with van der Waals surface area (Å²) in [5, 5.41) is 3.33. The molecule has 1 aromatic rings. The number of aromatic amines is 1. The third-order valence-corrected chi connectivity index (χ3v) is 2.75. The fourth-order valence-electron chi connectivity index (χ4n) is 1.94. The molecule has 4 heteroatoms. The van der Waals surface area contributed by atoms with Gasteiger partial charge in [-0.1, -0.05) is 0 Å². The highest BCUT2D eigenvalue weighted by atomic mass is 15.1. The molecule has 14 heavy (non-hydrogen) atoms. The van der Waals surface area contributed by atoms with E-state index in [0.29, 0.717) is 0 Å². The van der Waals surface area contributed by atoms with Crippen molar-refractivity contribution in [2.24, 2.45) is 5.92 Å². The number of aromatic nitrogens is 2. The number of H-pyrrole nitrogens is 1. The Hall–Kier alpha value is -1.03. The van der Waals surface area contributed by atoms with Gasteiger partial charge in [0.15, 0.2) is 5.95 Å². The molecule has 1 fully saturated rings. The summed E-state index contributed by atoms with van der Waals surface area (Å²) < 4.78 is 0. The van der Waals surface area contributed by atoms with Crippen LogP contribution in [0.3, 0.4) is 0 Å². The first kappa shape index (κ1) is 9.52. The van der Waals surface area contributed by atoms with Gasteiger partial charge in [-0.3, -0.25) is 0 Å². The van der Waals surface area contributed by atoms with Gasteiger partial charge in [-0.2, -0.15) is 0 Å². The number of imidazole rings is 1. The second-order valence-electron chi connectivity index (χ2n) is 4.21. The Balaban J connectivity index is 1.77. The molecule has 0 amide bonds. The lowest BCUT2D eigenvalue weighted by atomic mass is 10.1. The summed E-state index contributed by atoms with van der Waals surface area (Å²) in [6, 6.07) is 0. The lowest BCUT2D eigenvalue weighted by Crippen LogP contribution is -2.19. The maximum absolute atomic E-state index is 4.22. The standard InChI is InChI=1S/C10H18N4/c1-8-5-11-10(13-8)12-6-9-3-4-14(2)7-9/h5,9H,3-4,6-7H2,1-2H3,(H2,11,12,13). The van der Waals surface area contributed by atoms with Gasteiger partial charge >= 0.3 is 0 Å². The van der Waals surface area contributed by atoms with Crippen LogP contribution in [-0.4, -0.2) is 41.5 Å². The monoisotopic (exact) mass is 194 g/mol. The SMILES string of the molecule is Cc1cnc(NCC2CCN(C)C2)[nH]1. The van der Waals surface area contributed by atoms with E-state index in [-0.39, 0.29) is 0 Å². The Kier molecular flexibility index (Phi) is 2.72. The third-order valence-electron chi connectivity index (χ3n) is 2.75. The molecule has 4 nitrogen and oxygen atoms in total. The number of aryl methyl sites for hydroxylation is 1. The molecule has 1 aliphatic heterocycles. The summed E-state index contributed by atoms with van der Waals surface area (Å²) in [6.45, 7) is 5.47. The predicted molar refractivity (Wildman–Crippen MR) is 57.4 cm³/mol. The van der Waals surface area contributed by atoms with Gasteiger partial charge in [-0.15, -0.1) is 0 Å². The van der Waals surface area contributed by atoms with Gasteiger partial charge in [0.25, 0.3) is 0 Å². The number of nitrogens with one attached hydrogen (secondary N) is 2. The van der Waals surface area contributed by atoms with Crippen LogP contribution in [0.15, 0.2) is 6.20 Å². The van der Waals surface area contributed by atoms with Crippen molar-refractivity contribution in [2.45, 2.75) is 13.3 Å². The van der Waals surface area contributed by atoms with Crippen LogP contribution < -0.4 is 5.32 Å². The molecule has 1 aliphatic rings. The van der Waals surface area contributed by atoms with Crippen LogP contribution in [0.1, 0.15) is 12.1 Å². The highest BCUT2D eigenvalue weighted by Gasteiger charge is 2.18. The fraction of sp³-hybridized carbons (Fsp3) is 0.700. The highest BCUT2D eigenvalue weighted by Crippen LogP contribution is 2.14. The zero-order valence-corrected chi connectivity index (χ0v) is 8.88. The van der Waals surface area contributed by atoms with E-state index in [0.717, 1.165) is 24.1 Å². The Morgan fingerprint density at radius 3 is 3.14 bits per heavy atom. The molecule has 2 rings (SSSR count). The minimum Gasteiger partial charge on any atom is -0.355 e. The van der Waals surface area contributed by atoms with Gasteiger partial charge < -0.3 is 15.2 Å². The minimum absolute atomic E-state index is 0.769. The van der Waals surface area contributed by atoms with E-state index in [9.17, 15) is 0 Å². The summed E-state index contributed by atoms with van der Waals surface area (Å²) in [5.74, 6) is 1.67. The van der Waals surface area contributed by atoms with Crippen LogP contribution in [0, 0.1) is 12.8 Å². The lowest BCUT2D eigenvalue weighted by Gasteiger charge is -2.10. The first-order chi connectivity index (χ1) is 6.74. The van der Waals surface area contributed by atoms with Gasteiger partial charge in [0.2, 0.25) is 0 Å². The number of rotatable bonds is 3. The molecule has 78 valence electrons. The van der Waals surface area contributed by atoms with Gasteiger partial charge in [-0.05, 0) is 32.9 Å². The third kappa shape index (κ3) is 2.26. The summed E-state index contributed by atoms with van der Waals surface area (Å²) >= 11 is 0. The first-order valence-corrected chi connectivity index (χ1v) is 5.18. The van der Waals surface area contributed by atoms with Crippen LogP contribution in [0.5, 0.6) is 0 Å². The number of nitrogens with zero attached hydrogens (tertiary/aromatic N) is 2. The van der Waals surface area contributed by atoms with Crippen molar-refractivity contribution in [2.75, 3.05) is 32.0 Å². The molecule has 0 bridgehead atoms. The van der Waals surface area contributed by atoms with Crippen molar-refractivity contribution in [3.8, 4) is 0 Å². The summed E-state index contributed by atoms with van der Waals surface area (Å²) in [4.78, 5) is 9.77. The van der Waals surface area contributed by atoms with Crippen LogP contribution in [0.2, 0.25) is 0 Å². The average Bonchev–Trinajstić information content (AvgIpc) is 2.72. The molecule has 2 heterocycles. The van der Waals surface area contributed by atoms with Gasteiger partial charge in [0.05, 0.1) is 0 Å². The molecule has 0 aromatic carbocycles. The van der Waals surface area contributed by atoms with Crippen LogP contribution in [-0.2, 0) is 0 Å². The summed E-state index contributed by atoms with van der Waals surface area (Å²) in [6.07, 6.45) is 3.15. The van der Waals surface area contributed by atoms with Crippen molar-refractivity contribution in [3.05, 3.63) is 11.9 Å². The molecule has 1 unspecified atom stereocenters. The number of likely N-dealkylation sites (tertiary alicyclic amines) is 1. The summed E-state index contributed by atoms with van der Waals surface area (Å²) in [5.41, 5.74) is 1.11. The van der Waals surface area contributed by atoms with E-state index in [1.54, 1.807) is 0 Å². The van der Waals surface area contributed by atoms with E-state index >= 15 is 0 Å². The summed E-state index contributed by atoms with van der Waals surface area (Å²) in [7, 11) is 2.18. The second kappa shape index (κ2) is 4.00. The molecule has 0 radical (unpaired) electrons. The normalized spacial score (nSPS) is 22.9. The molecule has 0 aliphatic carbocycles. The Morgan fingerprint density at radius 2 is 2.57 bits per heavy atom. The smallest absolute Gasteiger partial charge is 0.200 e. The van der Waals surface area contributed by atoms with Crippen LogP contribution >= 0.6 is 0 Å². The van der Waals surface area contributed by atoms with E-state index in [4.69, 9.17) is 0 Å². The maximum Gasteiger partial charge on any atom is 0.200 e. The lowest BCUT2D eigenvalue weighted by molar-refractivity contribution is 0.399. The van der Waals surface area contributed by atoms with Gasteiger partial charge in [0, 0.05) is 25.0 Å². The maximum atomic E-state index is 4.22. The van der Waals surface area contributed by atoms with E-state index in [1.807, 2.05) is 13.1 Å². The van der Waals surface area contributed by atoms with E-state index in [1.165, 1.54) is 19.5 Å². The Bertz CT molecular complexity index is 294. The quantitative estimate of drug-likeness (QED) is 0.757. The van der Waals surface area contributed by atoms with Crippen LogP contribution in [0.25, 0.3) is 0 Å². The highest BCUT2D eigenvalue weighted by molar-refractivity contribution is 5.25. The molecule has 0 spiro atoms. The fourth-order valence-corrected chi connectivity index (χ4v) is 1.94. The molecule has 1 aromatic heterocycles. The van der Waals surface area contributed by atoms with Crippen molar-refractivity contribution < 1.29 is 0 Å². The van der Waals surface area contributed by atoms with Gasteiger partial charge in [0.1, 0.15) is 0 Å². The van der Waals surface area contributed by atoms with Crippen molar-refractivity contribution in [3.63, 3.8) is 0 Å². The first-order valence-electron chi connectivity index (χ1n) is 5.18. The molecule has 0 saturated carbocycles. The zero-order chi connectivity index (χ0) is 9.97. The Labute approximate surface area is 84.7 Å². The Morgan fingerprint density at radius 1 is 1.71 bits per heavy atom. The van der Waals surface area contributed by atoms with E-state index < -0.39 is 0 Å². The van der Waals surface area contributed by atoms with Crippen LogP contribution in [0.4, 0.5) is 5.95 Å². The van der Waals surface area contributed by atoms with Gasteiger partial charge in [-0.25, -0.2) is 4.98 Å². The van der Waals surface area contributed by atoms with Crippen molar-refractivity contribution >= 4 is 5.95 Å². The van der Waals surface area contributed by atoms with Crippen molar-refractivity contribution in [1.82, 2.24) is 14.9 Å². The molecule has 1 saturated heterocycles. The number of hydrogen-bond donors (Lipinski definition) is 2. The molecular weight excluding hydrogens is 176 g/mol. The number of hydrogen-bond acceptors (Lipinski definition) is 3. The topological polar surface area (TPSA) is 44.0 Å².